The second-order valence-corrected chi connectivity index (χ2v) is 6.88. The maximum absolute atomic E-state index is 5.95. The van der Waals surface area contributed by atoms with Crippen LogP contribution in [-0.4, -0.2) is 30.1 Å². The molecule has 0 spiro atoms. The Labute approximate surface area is 112 Å². The topological polar surface area (TPSA) is 15.3 Å². The highest BCUT2D eigenvalue weighted by Gasteiger charge is 2.34. The van der Waals surface area contributed by atoms with Crippen LogP contribution < -0.4 is 5.32 Å². The van der Waals surface area contributed by atoms with E-state index < -0.39 is 0 Å². The first-order valence-corrected chi connectivity index (χ1v) is 7.74. The summed E-state index contributed by atoms with van der Waals surface area (Å²) in [4.78, 5) is 4.02. The monoisotopic (exact) mass is 270 g/mol. The number of nitrogens with zero attached hydrogens (tertiary/aromatic N) is 1. The maximum Gasteiger partial charge on any atom is 0.0931 e. The molecule has 2 atom stereocenters. The molecule has 2 fully saturated rings. The normalized spacial score (nSPS) is 29.5. The van der Waals surface area contributed by atoms with Gasteiger partial charge in [-0.25, -0.2) is 0 Å². The van der Waals surface area contributed by atoms with E-state index in [4.69, 9.17) is 11.6 Å². The lowest BCUT2D eigenvalue weighted by molar-refractivity contribution is 0.180. The smallest absolute Gasteiger partial charge is 0.0931 e. The van der Waals surface area contributed by atoms with Crippen LogP contribution in [0.3, 0.4) is 0 Å². The molecule has 2 unspecified atom stereocenters. The lowest BCUT2D eigenvalue weighted by Gasteiger charge is -2.32. The van der Waals surface area contributed by atoms with Crippen molar-refractivity contribution in [2.75, 3.05) is 13.1 Å². The molecule has 17 heavy (non-hydrogen) atoms. The van der Waals surface area contributed by atoms with Crippen molar-refractivity contribution >= 4 is 22.9 Å². The molecule has 0 radical (unpaired) electrons. The van der Waals surface area contributed by atoms with E-state index in [0.29, 0.717) is 6.04 Å². The number of hydrogen-bond donors (Lipinski definition) is 1. The van der Waals surface area contributed by atoms with Gasteiger partial charge in [-0.3, -0.25) is 4.90 Å². The highest BCUT2D eigenvalue weighted by molar-refractivity contribution is 7.16. The molecule has 2 aliphatic rings. The average Bonchev–Trinajstić information content (AvgIpc) is 2.93. The molecule has 4 heteroatoms. The fraction of sp³-hybridized carbons (Fsp3) is 0.692. The van der Waals surface area contributed by atoms with Crippen molar-refractivity contribution in [2.45, 2.75) is 44.3 Å². The van der Waals surface area contributed by atoms with Gasteiger partial charge in [0.05, 0.1) is 4.34 Å². The van der Waals surface area contributed by atoms with Crippen molar-refractivity contribution in [3.63, 3.8) is 0 Å². The number of hydrogen-bond acceptors (Lipinski definition) is 3. The second-order valence-electron chi connectivity index (χ2n) is 5.08. The van der Waals surface area contributed by atoms with Gasteiger partial charge in [0.15, 0.2) is 0 Å². The predicted octanol–water partition coefficient (Wildman–Crippen LogP) is 3.12. The van der Waals surface area contributed by atoms with Crippen LogP contribution in [0.25, 0.3) is 0 Å². The highest BCUT2D eigenvalue weighted by atomic mass is 35.5. The molecule has 1 N–H and O–H groups in total. The predicted molar refractivity (Wildman–Crippen MR) is 73.8 cm³/mol. The molecule has 2 nitrogen and oxygen atoms in total. The Kier molecular flexibility index (Phi) is 3.71. The Morgan fingerprint density at radius 1 is 1.29 bits per heavy atom. The first-order valence-electron chi connectivity index (χ1n) is 6.54. The third-order valence-corrected chi connectivity index (χ3v) is 5.25. The van der Waals surface area contributed by atoms with E-state index in [-0.39, 0.29) is 0 Å². The van der Waals surface area contributed by atoms with E-state index in [0.717, 1.165) is 16.9 Å². The van der Waals surface area contributed by atoms with Crippen LogP contribution in [0.1, 0.15) is 30.6 Å². The fourth-order valence-corrected chi connectivity index (χ4v) is 4.20. The third-order valence-electron chi connectivity index (χ3n) is 4.02. The summed E-state index contributed by atoms with van der Waals surface area (Å²) in [6.07, 6.45) is 5.49. The van der Waals surface area contributed by atoms with Gasteiger partial charge in [0, 0.05) is 30.1 Å². The van der Waals surface area contributed by atoms with E-state index >= 15 is 0 Å². The van der Waals surface area contributed by atoms with Gasteiger partial charge in [-0.1, -0.05) is 18.0 Å². The summed E-state index contributed by atoms with van der Waals surface area (Å²) in [6.45, 7) is 3.58. The number of halogens is 1. The van der Waals surface area contributed by atoms with E-state index in [1.807, 2.05) is 6.07 Å². The molecule has 2 saturated heterocycles. The van der Waals surface area contributed by atoms with Crippen molar-refractivity contribution in [3.05, 3.63) is 21.3 Å². The molecule has 0 amide bonds. The van der Waals surface area contributed by atoms with Crippen LogP contribution in [0.4, 0.5) is 0 Å². The standard InChI is InChI=1S/C13H19ClN2S/c14-13-5-4-10(17-13)9-15-11-6-8-16-7-2-1-3-12(11)16/h4-5,11-12,15H,1-3,6-9H2. The minimum absolute atomic E-state index is 0.691. The van der Waals surface area contributed by atoms with Gasteiger partial charge in [0.25, 0.3) is 0 Å². The summed E-state index contributed by atoms with van der Waals surface area (Å²) in [6, 6.07) is 5.61. The second kappa shape index (κ2) is 5.27. The molecular weight excluding hydrogens is 252 g/mol. The number of fused-ring (bicyclic) bond motifs is 1. The van der Waals surface area contributed by atoms with Crippen LogP contribution in [-0.2, 0) is 6.54 Å². The van der Waals surface area contributed by atoms with Gasteiger partial charge in [-0.15, -0.1) is 11.3 Å². The number of thiophene rings is 1. The molecule has 3 rings (SSSR count). The SMILES string of the molecule is Clc1ccc(CNC2CCN3CCCCC23)s1. The van der Waals surface area contributed by atoms with Crippen LogP contribution >= 0.6 is 22.9 Å². The molecule has 2 aliphatic heterocycles. The third kappa shape index (κ3) is 2.68. The number of piperidine rings is 1. The Balaban J connectivity index is 1.55. The van der Waals surface area contributed by atoms with E-state index in [9.17, 15) is 0 Å². The Morgan fingerprint density at radius 2 is 2.24 bits per heavy atom. The minimum atomic E-state index is 0.691. The van der Waals surface area contributed by atoms with Crippen molar-refractivity contribution in [3.8, 4) is 0 Å². The largest absolute Gasteiger partial charge is 0.307 e. The summed E-state index contributed by atoms with van der Waals surface area (Å²) >= 11 is 7.64. The quantitative estimate of drug-likeness (QED) is 0.908. The summed E-state index contributed by atoms with van der Waals surface area (Å²) in [5.74, 6) is 0. The summed E-state index contributed by atoms with van der Waals surface area (Å²) < 4.78 is 0.896. The lowest BCUT2D eigenvalue weighted by Crippen LogP contribution is -2.44. The summed E-state index contributed by atoms with van der Waals surface area (Å²) in [5.41, 5.74) is 0. The zero-order valence-corrected chi connectivity index (χ0v) is 11.6. The van der Waals surface area contributed by atoms with Gasteiger partial charge in [0.1, 0.15) is 0 Å². The molecule has 1 aromatic rings. The first kappa shape index (κ1) is 12.0. The molecular formula is C13H19ClN2S. The van der Waals surface area contributed by atoms with Gasteiger partial charge in [-0.2, -0.15) is 0 Å². The molecule has 0 bridgehead atoms. The summed E-state index contributed by atoms with van der Waals surface area (Å²) in [5, 5.41) is 3.72. The van der Waals surface area contributed by atoms with Gasteiger partial charge < -0.3 is 5.32 Å². The fourth-order valence-electron chi connectivity index (χ4n) is 3.16. The van der Waals surface area contributed by atoms with Gasteiger partial charge >= 0.3 is 0 Å². The maximum atomic E-state index is 5.95. The van der Waals surface area contributed by atoms with Crippen molar-refractivity contribution in [1.29, 1.82) is 0 Å². The van der Waals surface area contributed by atoms with E-state index in [1.54, 1.807) is 11.3 Å². The van der Waals surface area contributed by atoms with Crippen molar-refractivity contribution < 1.29 is 0 Å². The zero-order valence-electron chi connectivity index (χ0n) is 9.99. The van der Waals surface area contributed by atoms with Crippen molar-refractivity contribution in [2.24, 2.45) is 0 Å². The Bertz CT molecular complexity index is 379. The average molecular weight is 271 g/mol. The molecule has 0 aliphatic carbocycles. The van der Waals surface area contributed by atoms with Gasteiger partial charge in [0.2, 0.25) is 0 Å². The molecule has 0 saturated carbocycles. The van der Waals surface area contributed by atoms with Gasteiger partial charge in [-0.05, 0) is 37.9 Å². The molecule has 94 valence electrons. The number of rotatable bonds is 3. The molecule has 0 aromatic carbocycles. The van der Waals surface area contributed by atoms with Crippen molar-refractivity contribution in [1.82, 2.24) is 10.2 Å². The lowest BCUT2D eigenvalue weighted by atomic mass is 9.99. The first-order chi connectivity index (χ1) is 8.33. The van der Waals surface area contributed by atoms with E-state index in [1.165, 1.54) is 43.6 Å². The van der Waals surface area contributed by atoms with Crippen LogP contribution in [0, 0.1) is 0 Å². The minimum Gasteiger partial charge on any atom is -0.307 e. The number of nitrogens with one attached hydrogen (secondary N) is 1. The zero-order chi connectivity index (χ0) is 11.7. The van der Waals surface area contributed by atoms with Crippen LogP contribution in [0.5, 0.6) is 0 Å². The Morgan fingerprint density at radius 3 is 3.06 bits per heavy atom. The Hall–Kier alpha value is -0.0900. The van der Waals surface area contributed by atoms with Crippen LogP contribution in [0.15, 0.2) is 12.1 Å². The molecule has 1 aromatic heterocycles. The summed E-state index contributed by atoms with van der Waals surface area (Å²) in [7, 11) is 0. The highest BCUT2D eigenvalue weighted by Crippen LogP contribution is 2.28. The van der Waals surface area contributed by atoms with E-state index in [2.05, 4.69) is 16.3 Å². The molecule has 3 heterocycles. The van der Waals surface area contributed by atoms with Crippen LogP contribution in [0.2, 0.25) is 4.34 Å².